The molecule has 0 aliphatic heterocycles. The van der Waals surface area contributed by atoms with Gasteiger partial charge in [0, 0.05) is 19.2 Å². The Balaban J connectivity index is 2.10. The van der Waals surface area contributed by atoms with Crippen molar-refractivity contribution >= 4 is 5.69 Å². The van der Waals surface area contributed by atoms with Crippen LogP contribution in [0, 0.1) is 11.8 Å². The Hall–Kier alpha value is -2.44. The van der Waals surface area contributed by atoms with Gasteiger partial charge < -0.3 is 14.7 Å². The molecule has 0 bridgehead atoms. The van der Waals surface area contributed by atoms with Crippen molar-refractivity contribution in [3.63, 3.8) is 0 Å². The third-order valence-electron chi connectivity index (χ3n) is 3.18. The summed E-state index contributed by atoms with van der Waals surface area (Å²) in [5.41, 5.74) is 3.16. The third kappa shape index (κ3) is 4.01. The molecule has 3 nitrogen and oxygen atoms in total. The van der Waals surface area contributed by atoms with Crippen LogP contribution in [-0.4, -0.2) is 25.9 Å². The van der Waals surface area contributed by atoms with Crippen LogP contribution >= 0.6 is 0 Å². The Kier molecular flexibility index (Phi) is 5.25. The van der Waals surface area contributed by atoms with Gasteiger partial charge in [-0.1, -0.05) is 36.1 Å². The molecule has 2 aromatic carbocycles. The number of rotatable bonds is 4. The number of hydrogen-bond acceptors (Lipinski definition) is 3. The molecule has 2 rings (SSSR count). The Morgan fingerprint density at radius 2 is 1.81 bits per heavy atom. The summed E-state index contributed by atoms with van der Waals surface area (Å²) in [7, 11) is 3.72. The van der Waals surface area contributed by atoms with Crippen LogP contribution in [0.1, 0.15) is 11.1 Å². The van der Waals surface area contributed by atoms with E-state index in [4.69, 9.17) is 9.84 Å². The predicted molar refractivity (Wildman–Crippen MR) is 85.5 cm³/mol. The van der Waals surface area contributed by atoms with Gasteiger partial charge in [-0.25, -0.2) is 0 Å². The molecule has 0 radical (unpaired) electrons. The topological polar surface area (TPSA) is 32.7 Å². The molecule has 0 heterocycles. The molecule has 0 aliphatic rings. The zero-order chi connectivity index (χ0) is 15.1. The molecule has 0 aromatic heterocycles. The summed E-state index contributed by atoms with van der Waals surface area (Å²) in [5.74, 6) is 6.40. The van der Waals surface area contributed by atoms with E-state index in [1.807, 2.05) is 55.6 Å². The Labute approximate surface area is 125 Å². The van der Waals surface area contributed by atoms with Gasteiger partial charge in [0.05, 0.1) is 12.8 Å². The van der Waals surface area contributed by atoms with E-state index in [-0.39, 0.29) is 6.61 Å². The van der Waals surface area contributed by atoms with Gasteiger partial charge in [0.2, 0.25) is 0 Å². The van der Waals surface area contributed by atoms with E-state index < -0.39 is 0 Å². The Bertz CT molecular complexity index is 638. The molecule has 3 heteroatoms. The van der Waals surface area contributed by atoms with Crippen LogP contribution in [0.5, 0.6) is 5.75 Å². The SMILES string of the molecule is COc1ccccc1N(C)Cc1ccc(C#CCO)cc1. The largest absolute Gasteiger partial charge is 0.495 e. The maximum atomic E-state index is 8.68. The van der Waals surface area contributed by atoms with Crippen molar-refractivity contribution in [1.29, 1.82) is 0 Å². The number of benzene rings is 2. The summed E-state index contributed by atoms with van der Waals surface area (Å²) < 4.78 is 5.38. The lowest BCUT2D eigenvalue weighted by molar-refractivity contribution is 0.350. The minimum Gasteiger partial charge on any atom is -0.495 e. The standard InChI is InChI=1S/C18H19NO2/c1-19(17-7-3-4-8-18(17)21-2)14-16-11-9-15(10-12-16)6-5-13-20/h3-4,7-12,20H,13-14H2,1-2H3. The van der Waals surface area contributed by atoms with Crippen molar-refractivity contribution in [3.05, 3.63) is 59.7 Å². The molecule has 0 amide bonds. The number of nitrogens with zero attached hydrogens (tertiary/aromatic N) is 1. The van der Waals surface area contributed by atoms with Gasteiger partial charge in [0.15, 0.2) is 0 Å². The number of aliphatic hydroxyl groups excluding tert-OH is 1. The minimum absolute atomic E-state index is 0.113. The molecule has 0 saturated heterocycles. The average molecular weight is 281 g/mol. The minimum atomic E-state index is -0.113. The first-order valence-electron chi connectivity index (χ1n) is 6.77. The zero-order valence-corrected chi connectivity index (χ0v) is 12.3. The van der Waals surface area contributed by atoms with E-state index >= 15 is 0 Å². The first kappa shape index (κ1) is 15.0. The van der Waals surface area contributed by atoms with Crippen molar-refractivity contribution in [1.82, 2.24) is 0 Å². The molecule has 108 valence electrons. The van der Waals surface area contributed by atoms with Crippen LogP contribution in [-0.2, 0) is 6.54 Å². The van der Waals surface area contributed by atoms with Gasteiger partial charge in [-0.15, -0.1) is 0 Å². The molecule has 0 unspecified atom stereocenters. The smallest absolute Gasteiger partial charge is 0.142 e. The first-order valence-corrected chi connectivity index (χ1v) is 6.77. The van der Waals surface area contributed by atoms with Crippen molar-refractivity contribution in [2.45, 2.75) is 6.54 Å². The van der Waals surface area contributed by atoms with E-state index in [1.165, 1.54) is 5.56 Å². The van der Waals surface area contributed by atoms with Gasteiger partial charge in [-0.3, -0.25) is 0 Å². The van der Waals surface area contributed by atoms with Crippen LogP contribution in [0.3, 0.4) is 0 Å². The quantitative estimate of drug-likeness (QED) is 0.875. The van der Waals surface area contributed by atoms with Crippen molar-refractivity contribution in [2.24, 2.45) is 0 Å². The second kappa shape index (κ2) is 7.37. The van der Waals surface area contributed by atoms with Crippen LogP contribution < -0.4 is 9.64 Å². The molecular weight excluding hydrogens is 262 g/mol. The fourth-order valence-corrected chi connectivity index (χ4v) is 2.14. The average Bonchev–Trinajstić information content (AvgIpc) is 2.54. The van der Waals surface area contributed by atoms with Crippen LogP contribution in [0.25, 0.3) is 0 Å². The fraction of sp³-hybridized carbons (Fsp3) is 0.222. The van der Waals surface area contributed by atoms with Crippen LogP contribution in [0.2, 0.25) is 0 Å². The summed E-state index contributed by atoms with van der Waals surface area (Å²) >= 11 is 0. The number of ether oxygens (including phenoxy) is 1. The molecule has 0 aliphatic carbocycles. The molecule has 0 spiro atoms. The lowest BCUT2D eigenvalue weighted by atomic mass is 10.1. The number of para-hydroxylation sites is 2. The van der Waals surface area contributed by atoms with Gasteiger partial charge in [0.25, 0.3) is 0 Å². The number of hydrogen-bond donors (Lipinski definition) is 1. The molecular formula is C18H19NO2. The van der Waals surface area contributed by atoms with E-state index in [2.05, 4.69) is 16.7 Å². The molecule has 2 aromatic rings. The fourth-order valence-electron chi connectivity index (χ4n) is 2.14. The highest BCUT2D eigenvalue weighted by Crippen LogP contribution is 2.27. The normalized spacial score (nSPS) is 9.67. The second-order valence-electron chi connectivity index (χ2n) is 4.68. The van der Waals surface area contributed by atoms with Gasteiger partial charge in [0.1, 0.15) is 12.4 Å². The van der Waals surface area contributed by atoms with Crippen molar-refractivity contribution < 1.29 is 9.84 Å². The number of aliphatic hydroxyl groups is 1. The number of methoxy groups -OCH3 is 1. The van der Waals surface area contributed by atoms with E-state index in [0.29, 0.717) is 0 Å². The maximum Gasteiger partial charge on any atom is 0.142 e. The van der Waals surface area contributed by atoms with Gasteiger partial charge in [-0.2, -0.15) is 0 Å². The first-order chi connectivity index (χ1) is 10.2. The highest BCUT2D eigenvalue weighted by molar-refractivity contribution is 5.58. The summed E-state index contributed by atoms with van der Waals surface area (Å²) in [6, 6.07) is 16.0. The molecule has 21 heavy (non-hydrogen) atoms. The molecule has 1 N–H and O–H groups in total. The van der Waals surface area contributed by atoms with Crippen molar-refractivity contribution in [2.75, 3.05) is 25.7 Å². The highest BCUT2D eigenvalue weighted by atomic mass is 16.5. The summed E-state index contributed by atoms with van der Waals surface area (Å²) in [4.78, 5) is 2.15. The maximum absolute atomic E-state index is 8.68. The lowest BCUT2D eigenvalue weighted by Crippen LogP contribution is -2.17. The molecule has 0 saturated carbocycles. The summed E-state index contributed by atoms with van der Waals surface area (Å²) in [6.07, 6.45) is 0. The van der Waals surface area contributed by atoms with Crippen LogP contribution in [0.4, 0.5) is 5.69 Å². The molecule has 0 fully saturated rings. The van der Waals surface area contributed by atoms with Crippen molar-refractivity contribution in [3.8, 4) is 17.6 Å². The zero-order valence-electron chi connectivity index (χ0n) is 12.3. The van der Waals surface area contributed by atoms with E-state index in [1.54, 1.807) is 7.11 Å². The highest BCUT2D eigenvalue weighted by Gasteiger charge is 2.07. The van der Waals surface area contributed by atoms with E-state index in [0.717, 1.165) is 23.5 Å². The summed E-state index contributed by atoms with van der Waals surface area (Å²) in [5, 5.41) is 8.68. The monoisotopic (exact) mass is 281 g/mol. The predicted octanol–water partition coefficient (Wildman–Crippen LogP) is 2.68. The van der Waals surface area contributed by atoms with Gasteiger partial charge in [-0.05, 0) is 29.8 Å². The number of anilines is 1. The Morgan fingerprint density at radius 1 is 1.10 bits per heavy atom. The van der Waals surface area contributed by atoms with E-state index in [9.17, 15) is 0 Å². The lowest BCUT2D eigenvalue weighted by Gasteiger charge is -2.21. The third-order valence-corrected chi connectivity index (χ3v) is 3.18. The Morgan fingerprint density at radius 3 is 2.48 bits per heavy atom. The van der Waals surface area contributed by atoms with Gasteiger partial charge >= 0.3 is 0 Å². The molecule has 0 atom stereocenters. The summed E-state index contributed by atoms with van der Waals surface area (Å²) in [6.45, 7) is 0.673. The van der Waals surface area contributed by atoms with Crippen LogP contribution in [0.15, 0.2) is 48.5 Å². The second-order valence-corrected chi connectivity index (χ2v) is 4.68.